The molecule has 1 heterocycles. The Balaban J connectivity index is 1.99. The van der Waals surface area contributed by atoms with Gasteiger partial charge >= 0.3 is 0 Å². The number of para-hydroxylation sites is 1. The summed E-state index contributed by atoms with van der Waals surface area (Å²) in [7, 11) is 0. The van der Waals surface area contributed by atoms with E-state index in [-0.39, 0.29) is 24.5 Å². The zero-order valence-corrected chi connectivity index (χ0v) is 16.4. The molecule has 7 heteroatoms. The molecule has 0 N–H and O–H groups in total. The highest BCUT2D eigenvalue weighted by atomic mass is 19.1. The van der Waals surface area contributed by atoms with Crippen LogP contribution in [0.1, 0.15) is 27.3 Å². The van der Waals surface area contributed by atoms with Gasteiger partial charge in [0.05, 0.1) is 11.6 Å². The second-order valence-corrected chi connectivity index (χ2v) is 6.64. The highest BCUT2D eigenvalue weighted by Gasteiger charge is 2.22. The van der Waals surface area contributed by atoms with E-state index in [0.717, 1.165) is 5.56 Å². The number of rotatable bonds is 6. The van der Waals surface area contributed by atoms with Crippen LogP contribution in [0.2, 0.25) is 0 Å². The quantitative estimate of drug-likeness (QED) is 0.592. The number of nitrogens with zero attached hydrogens (tertiary/aromatic N) is 4. The van der Waals surface area contributed by atoms with E-state index < -0.39 is 17.2 Å². The van der Waals surface area contributed by atoms with Crippen LogP contribution in [0.15, 0.2) is 72.0 Å². The minimum Gasteiger partial charge on any atom is -0.329 e. The van der Waals surface area contributed by atoms with Crippen LogP contribution in [0.4, 0.5) is 4.39 Å². The number of nitriles is 1. The number of hydrogen-bond acceptors (Lipinski definition) is 4. The van der Waals surface area contributed by atoms with Gasteiger partial charge in [-0.05, 0) is 36.8 Å². The molecule has 0 bridgehead atoms. The maximum absolute atomic E-state index is 14.2. The monoisotopic (exact) mass is 402 g/mol. The summed E-state index contributed by atoms with van der Waals surface area (Å²) in [5.74, 6) is -1.11. The molecule has 3 rings (SSSR count). The fraction of sp³-hybridized carbons (Fsp3) is 0.130. The number of carbonyl (C=O) groups is 1. The molecule has 3 aromatic rings. The number of hydrogen-bond donors (Lipinski definition) is 0. The van der Waals surface area contributed by atoms with Crippen molar-refractivity contribution in [2.45, 2.75) is 13.5 Å². The number of aryl methyl sites for hydroxylation is 1. The van der Waals surface area contributed by atoms with Crippen LogP contribution in [-0.4, -0.2) is 27.1 Å². The van der Waals surface area contributed by atoms with Crippen LogP contribution in [0.3, 0.4) is 0 Å². The normalized spacial score (nSPS) is 10.3. The van der Waals surface area contributed by atoms with E-state index in [1.54, 1.807) is 49.4 Å². The van der Waals surface area contributed by atoms with E-state index in [9.17, 15) is 14.0 Å². The maximum Gasteiger partial charge on any atom is 0.278 e. The van der Waals surface area contributed by atoms with Gasteiger partial charge in [-0.2, -0.15) is 10.4 Å². The molecule has 1 amide bonds. The molecule has 0 aliphatic rings. The second-order valence-electron chi connectivity index (χ2n) is 6.64. The fourth-order valence-corrected chi connectivity index (χ4v) is 2.99. The minimum atomic E-state index is -0.589. The molecule has 1 aromatic heterocycles. The lowest BCUT2D eigenvalue weighted by Crippen LogP contribution is -2.36. The zero-order valence-electron chi connectivity index (χ0n) is 16.4. The standard InChI is InChI=1S/C23H19FN4O2/c1-3-12-27(15-18-10-8-17(14-25)9-11-18)23(30)22-21(29)13-16(2)28(26-22)20-7-5-4-6-19(20)24/h3-11,13H,1,12,15H2,2H3. The first-order chi connectivity index (χ1) is 14.4. The SMILES string of the molecule is C=CCN(Cc1ccc(C#N)cc1)C(=O)c1nn(-c2ccccc2F)c(C)cc1=O. The molecule has 0 fully saturated rings. The number of halogens is 1. The molecule has 0 saturated heterocycles. The summed E-state index contributed by atoms with van der Waals surface area (Å²) < 4.78 is 15.5. The van der Waals surface area contributed by atoms with Crippen molar-refractivity contribution in [2.24, 2.45) is 0 Å². The average molecular weight is 402 g/mol. The third-order valence-corrected chi connectivity index (χ3v) is 4.48. The van der Waals surface area contributed by atoms with Gasteiger partial charge in [0.15, 0.2) is 5.69 Å². The van der Waals surface area contributed by atoms with E-state index >= 15 is 0 Å². The molecule has 0 radical (unpaired) electrons. The van der Waals surface area contributed by atoms with Crippen LogP contribution in [0, 0.1) is 24.1 Å². The minimum absolute atomic E-state index is 0.145. The van der Waals surface area contributed by atoms with Crippen LogP contribution in [-0.2, 0) is 6.54 Å². The van der Waals surface area contributed by atoms with Crippen LogP contribution in [0.5, 0.6) is 0 Å². The van der Waals surface area contributed by atoms with E-state index in [4.69, 9.17) is 5.26 Å². The maximum atomic E-state index is 14.2. The summed E-state index contributed by atoms with van der Waals surface area (Å²) in [6.07, 6.45) is 1.55. The molecule has 30 heavy (non-hydrogen) atoms. The molecule has 6 nitrogen and oxygen atoms in total. The third kappa shape index (κ3) is 4.33. The summed E-state index contributed by atoms with van der Waals surface area (Å²) in [5, 5.41) is 13.1. The molecular weight excluding hydrogens is 383 g/mol. The predicted molar refractivity (Wildman–Crippen MR) is 111 cm³/mol. The largest absolute Gasteiger partial charge is 0.329 e. The summed E-state index contributed by atoms with van der Waals surface area (Å²) in [6, 6.07) is 16.1. The lowest BCUT2D eigenvalue weighted by molar-refractivity contribution is 0.0753. The number of benzene rings is 2. The molecule has 0 atom stereocenters. The van der Waals surface area contributed by atoms with Crippen LogP contribution < -0.4 is 5.43 Å². The lowest BCUT2D eigenvalue weighted by atomic mass is 10.1. The van der Waals surface area contributed by atoms with Crippen molar-refractivity contribution in [1.82, 2.24) is 14.7 Å². The van der Waals surface area contributed by atoms with Crippen molar-refractivity contribution in [3.63, 3.8) is 0 Å². The summed E-state index contributed by atoms with van der Waals surface area (Å²) in [5.41, 5.74) is 0.993. The third-order valence-electron chi connectivity index (χ3n) is 4.48. The van der Waals surface area contributed by atoms with Gasteiger partial charge < -0.3 is 4.90 Å². The van der Waals surface area contributed by atoms with Crippen molar-refractivity contribution in [3.8, 4) is 11.8 Å². The molecule has 2 aromatic carbocycles. The number of aromatic nitrogens is 2. The first-order valence-electron chi connectivity index (χ1n) is 9.19. The molecular formula is C23H19FN4O2. The van der Waals surface area contributed by atoms with E-state index in [1.165, 1.54) is 27.8 Å². The van der Waals surface area contributed by atoms with Crippen molar-refractivity contribution < 1.29 is 9.18 Å². The van der Waals surface area contributed by atoms with Gasteiger partial charge in [-0.3, -0.25) is 9.59 Å². The van der Waals surface area contributed by atoms with Gasteiger partial charge in [0.25, 0.3) is 5.91 Å². The molecule has 0 unspecified atom stereocenters. The highest BCUT2D eigenvalue weighted by Crippen LogP contribution is 2.14. The van der Waals surface area contributed by atoms with Crippen molar-refractivity contribution >= 4 is 5.91 Å². The van der Waals surface area contributed by atoms with Gasteiger partial charge in [-0.15, -0.1) is 6.58 Å². The Morgan fingerprint density at radius 2 is 1.97 bits per heavy atom. The molecule has 0 spiro atoms. The van der Waals surface area contributed by atoms with Crippen molar-refractivity contribution in [1.29, 1.82) is 5.26 Å². The zero-order chi connectivity index (χ0) is 21.7. The van der Waals surface area contributed by atoms with Crippen LogP contribution >= 0.6 is 0 Å². The molecule has 0 aliphatic carbocycles. The van der Waals surface area contributed by atoms with E-state index in [2.05, 4.69) is 11.7 Å². The first kappa shape index (κ1) is 20.7. The Kier molecular flexibility index (Phi) is 6.18. The lowest BCUT2D eigenvalue weighted by Gasteiger charge is -2.21. The first-order valence-corrected chi connectivity index (χ1v) is 9.19. The van der Waals surface area contributed by atoms with E-state index in [0.29, 0.717) is 11.3 Å². The van der Waals surface area contributed by atoms with Gasteiger partial charge in [0.2, 0.25) is 5.43 Å². The summed E-state index contributed by atoms with van der Waals surface area (Å²) in [4.78, 5) is 27.1. The topological polar surface area (TPSA) is 79.0 Å². The summed E-state index contributed by atoms with van der Waals surface area (Å²) >= 11 is 0. The predicted octanol–water partition coefficient (Wildman–Crippen LogP) is 3.38. The fourth-order valence-electron chi connectivity index (χ4n) is 2.99. The summed E-state index contributed by atoms with van der Waals surface area (Å²) in [6.45, 7) is 5.67. The highest BCUT2D eigenvalue weighted by molar-refractivity contribution is 5.92. The molecule has 150 valence electrons. The molecule has 0 saturated carbocycles. The van der Waals surface area contributed by atoms with E-state index in [1.807, 2.05) is 6.07 Å². The number of amides is 1. The average Bonchev–Trinajstić information content (AvgIpc) is 2.74. The number of carbonyl (C=O) groups excluding carboxylic acids is 1. The van der Waals surface area contributed by atoms with Crippen LogP contribution in [0.25, 0.3) is 5.69 Å². The Hall–Kier alpha value is -4.05. The molecule has 0 aliphatic heterocycles. The Labute approximate surface area is 173 Å². The van der Waals surface area contributed by atoms with Crippen molar-refractivity contribution in [2.75, 3.05) is 6.54 Å². The van der Waals surface area contributed by atoms with Gasteiger partial charge in [0, 0.05) is 24.8 Å². The smallest absolute Gasteiger partial charge is 0.278 e. The second kappa shape index (κ2) is 8.97. The Bertz CT molecular complexity index is 1190. The van der Waals surface area contributed by atoms with Gasteiger partial charge in [-0.25, -0.2) is 9.07 Å². The van der Waals surface area contributed by atoms with Gasteiger partial charge in [0.1, 0.15) is 11.5 Å². The van der Waals surface area contributed by atoms with Crippen molar-refractivity contribution in [3.05, 3.63) is 106 Å². The Morgan fingerprint density at radius 1 is 1.27 bits per heavy atom. The van der Waals surface area contributed by atoms with Gasteiger partial charge in [-0.1, -0.05) is 30.3 Å². The Morgan fingerprint density at radius 3 is 2.60 bits per heavy atom.